The second-order valence-corrected chi connectivity index (χ2v) is 5.69. The number of nitrogens with one attached hydrogen (secondary N) is 2. The zero-order valence-corrected chi connectivity index (χ0v) is 9.70. The predicted octanol–water partition coefficient (Wildman–Crippen LogP) is 0.515. The van der Waals surface area contributed by atoms with Crippen LogP contribution < -0.4 is 10.6 Å². The van der Waals surface area contributed by atoms with Gasteiger partial charge in [0.15, 0.2) is 9.84 Å². The molecule has 2 rings (SSSR count). The third-order valence-corrected chi connectivity index (χ3v) is 3.57. The highest BCUT2D eigenvalue weighted by Gasteiger charge is 2.20. The normalized spacial score (nSPS) is 17.3. The maximum atomic E-state index is 11.5. The molecule has 0 saturated heterocycles. The monoisotopic (exact) mass is 253 g/mol. The van der Waals surface area contributed by atoms with Crippen LogP contribution in [0.2, 0.25) is 0 Å². The van der Waals surface area contributed by atoms with Crippen LogP contribution in [0.3, 0.4) is 0 Å². The molecule has 7 heteroatoms. The Balaban J connectivity index is 1.91. The molecule has 1 aliphatic rings. The highest BCUT2D eigenvalue weighted by atomic mass is 32.2. The molecule has 2 heterocycles. The number of amides is 2. The number of aromatic nitrogens is 1. The third-order valence-electron chi connectivity index (χ3n) is 2.14. The fraction of sp³-hybridized carbons (Fsp3) is 0.200. The third kappa shape index (κ3) is 3.28. The van der Waals surface area contributed by atoms with Crippen LogP contribution in [-0.2, 0) is 9.84 Å². The lowest BCUT2D eigenvalue weighted by atomic mass is 10.4. The van der Waals surface area contributed by atoms with E-state index in [1.807, 2.05) is 0 Å². The molecule has 17 heavy (non-hydrogen) atoms. The van der Waals surface area contributed by atoms with Crippen molar-refractivity contribution in [2.45, 2.75) is 0 Å². The molecule has 0 radical (unpaired) electrons. The summed E-state index contributed by atoms with van der Waals surface area (Å²) in [6.45, 7) is 0. The van der Waals surface area contributed by atoms with Gasteiger partial charge in [0, 0.05) is 11.9 Å². The minimum atomic E-state index is -3.06. The van der Waals surface area contributed by atoms with Crippen LogP contribution in [0.1, 0.15) is 0 Å². The fourth-order valence-electron chi connectivity index (χ4n) is 1.40. The average molecular weight is 253 g/mol. The Morgan fingerprint density at radius 1 is 1.29 bits per heavy atom. The molecule has 0 fully saturated rings. The molecule has 0 atom stereocenters. The Kier molecular flexibility index (Phi) is 3.10. The van der Waals surface area contributed by atoms with Gasteiger partial charge in [-0.2, -0.15) is 0 Å². The standard InChI is InChI=1S/C10H11N3O3S/c14-10(13-9-3-1-2-5-11-9)12-8-4-6-17(15,16)7-8/h1-5H,6-7H2,(H2,11,12,13,14). The van der Waals surface area contributed by atoms with E-state index in [9.17, 15) is 13.2 Å². The number of sulfone groups is 1. The van der Waals surface area contributed by atoms with Gasteiger partial charge in [-0.05, 0) is 18.2 Å². The van der Waals surface area contributed by atoms with E-state index in [-0.39, 0.29) is 11.5 Å². The topological polar surface area (TPSA) is 88.2 Å². The first-order valence-corrected chi connectivity index (χ1v) is 6.76. The van der Waals surface area contributed by atoms with Gasteiger partial charge in [0.2, 0.25) is 0 Å². The minimum Gasteiger partial charge on any atom is -0.311 e. The Morgan fingerprint density at radius 3 is 2.71 bits per heavy atom. The smallest absolute Gasteiger partial charge is 0.311 e. The summed E-state index contributed by atoms with van der Waals surface area (Å²) < 4.78 is 22.3. The van der Waals surface area contributed by atoms with E-state index < -0.39 is 15.9 Å². The van der Waals surface area contributed by atoms with Crippen molar-refractivity contribution in [3.8, 4) is 0 Å². The summed E-state index contributed by atoms with van der Waals surface area (Å²) in [5.41, 5.74) is 0.401. The van der Waals surface area contributed by atoms with Crippen molar-refractivity contribution in [3.63, 3.8) is 0 Å². The lowest BCUT2D eigenvalue weighted by molar-refractivity contribution is 0.254. The van der Waals surface area contributed by atoms with Crippen molar-refractivity contribution in [3.05, 3.63) is 36.2 Å². The van der Waals surface area contributed by atoms with Crippen molar-refractivity contribution in [1.29, 1.82) is 0 Å². The first-order valence-electron chi connectivity index (χ1n) is 4.94. The van der Waals surface area contributed by atoms with Crippen molar-refractivity contribution in [2.24, 2.45) is 0 Å². The summed E-state index contributed by atoms with van der Waals surface area (Å²) >= 11 is 0. The zero-order chi connectivity index (χ0) is 12.3. The summed E-state index contributed by atoms with van der Waals surface area (Å²) in [6.07, 6.45) is 3.04. The minimum absolute atomic E-state index is 0.0216. The summed E-state index contributed by atoms with van der Waals surface area (Å²) in [7, 11) is -3.06. The molecule has 0 unspecified atom stereocenters. The zero-order valence-electron chi connectivity index (χ0n) is 8.88. The lowest BCUT2D eigenvalue weighted by Gasteiger charge is -2.06. The molecule has 1 aromatic heterocycles. The molecule has 0 aliphatic carbocycles. The molecule has 0 bridgehead atoms. The van der Waals surface area contributed by atoms with Crippen LogP contribution in [-0.4, -0.2) is 30.9 Å². The van der Waals surface area contributed by atoms with Gasteiger partial charge in [-0.1, -0.05) is 6.07 Å². The van der Waals surface area contributed by atoms with E-state index >= 15 is 0 Å². The second kappa shape index (κ2) is 4.54. The van der Waals surface area contributed by atoms with Gasteiger partial charge in [-0.3, -0.25) is 5.32 Å². The predicted molar refractivity (Wildman–Crippen MR) is 63.1 cm³/mol. The van der Waals surface area contributed by atoms with Crippen molar-refractivity contribution in [1.82, 2.24) is 10.3 Å². The summed E-state index contributed by atoms with van der Waals surface area (Å²) in [6, 6.07) is 4.61. The van der Waals surface area contributed by atoms with Crippen molar-refractivity contribution in [2.75, 3.05) is 16.8 Å². The quantitative estimate of drug-likeness (QED) is 0.804. The number of anilines is 1. The molecule has 0 saturated carbocycles. The van der Waals surface area contributed by atoms with Crippen LogP contribution >= 0.6 is 0 Å². The van der Waals surface area contributed by atoms with Crippen LogP contribution in [0, 0.1) is 0 Å². The Labute approximate surface area is 98.7 Å². The van der Waals surface area contributed by atoms with Gasteiger partial charge in [-0.25, -0.2) is 18.2 Å². The van der Waals surface area contributed by atoms with Gasteiger partial charge < -0.3 is 5.32 Å². The maximum Gasteiger partial charge on any atom is 0.324 e. The Hall–Kier alpha value is -1.89. The van der Waals surface area contributed by atoms with E-state index in [0.717, 1.165) is 0 Å². The molecule has 2 N–H and O–H groups in total. The van der Waals surface area contributed by atoms with E-state index in [2.05, 4.69) is 15.6 Å². The van der Waals surface area contributed by atoms with E-state index in [1.54, 1.807) is 24.4 Å². The second-order valence-electron chi connectivity index (χ2n) is 3.58. The number of carbonyl (C=O) groups is 1. The number of carbonyl (C=O) groups excluding carboxylic acids is 1. The van der Waals surface area contributed by atoms with Crippen LogP contribution in [0.15, 0.2) is 36.2 Å². The van der Waals surface area contributed by atoms with E-state index in [1.165, 1.54) is 6.08 Å². The van der Waals surface area contributed by atoms with Gasteiger partial charge in [-0.15, -0.1) is 0 Å². The fourth-order valence-corrected chi connectivity index (χ4v) is 2.64. The summed E-state index contributed by atoms with van der Waals surface area (Å²) in [4.78, 5) is 15.4. The van der Waals surface area contributed by atoms with Crippen LogP contribution in [0.4, 0.5) is 10.6 Å². The number of pyridine rings is 1. The van der Waals surface area contributed by atoms with Gasteiger partial charge in [0.05, 0.1) is 11.5 Å². The summed E-state index contributed by atoms with van der Waals surface area (Å²) in [5.74, 6) is 0.265. The first kappa shape index (κ1) is 11.6. The van der Waals surface area contributed by atoms with Crippen LogP contribution in [0.25, 0.3) is 0 Å². The largest absolute Gasteiger partial charge is 0.324 e. The Morgan fingerprint density at radius 2 is 2.12 bits per heavy atom. The highest BCUT2D eigenvalue weighted by Crippen LogP contribution is 2.08. The summed E-state index contributed by atoms with van der Waals surface area (Å²) in [5, 5.41) is 4.97. The van der Waals surface area contributed by atoms with Crippen LogP contribution in [0.5, 0.6) is 0 Å². The highest BCUT2D eigenvalue weighted by molar-refractivity contribution is 7.92. The van der Waals surface area contributed by atoms with Gasteiger partial charge in [0.1, 0.15) is 5.82 Å². The number of hydrogen-bond acceptors (Lipinski definition) is 4. The van der Waals surface area contributed by atoms with Gasteiger partial charge in [0.25, 0.3) is 0 Å². The molecule has 2 amide bonds. The number of urea groups is 1. The molecular formula is C10H11N3O3S. The SMILES string of the molecule is O=C(NC1=CCS(=O)(=O)C1)Nc1ccccn1. The molecule has 90 valence electrons. The van der Waals surface area contributed by atoms with E-state index in [0.29, 0.717) is 11.5 Å². The maximum absolute atomic E-state index is 11.5. The molecule has 0 spiro atoms. The first-order chi connectivity index (χ1) is 8.05. The number of rotatable bonds is 2. The van der Waals surface area contributed by atoms with Crippen molar-refractivity contribution >= 4 is 21.7 Å². The molecule has 6 nitrogen and oxygen atoms in total. The van der Waals surface area contributed by atoms with E-state index in [4.69, 9.17) is 0 Å². The molecule has 1 aromatic rings. The average Bonchev–Trinajstić information content (AvgIpc) is 2.59. The molecule has 0 aromatic carbocycles. The Bertz CT molecular complexity index is 551. The van der Waals surface area contributed by atoms with Gasteiger partial charge >= 0.3 is 6.03 Å². The molecule has 1 aliphatic heterocycles. The lowest BCUT2D eigenvalue weighted by Crippen LogP contribution is -2.29. The number of hydrogen-bond donors (Lipinski definition) is 2. The molecular weight excluding hydrogens is 242 g/mol. The number of nitrogens with zero attached hydrogens (tertiary/aromatic N) is 1. The van der Waals surface area contributed by atoms with Crippen molar-refractivity contribution < 1.29 is 13.2 Å².